The molecule has 0 unspecified atom stereocenters. The first-order valence-corrected chi connectivity index (χ1v) is 12.4. The molecule has 0 aromatic heterocycles. The number of allylic oxidation sites excluding steroid dienone is 4. The molecule has 36 heavy (non-hydrogen) atoms. The van der Waals surface area contributed by atoms with E-state index in [4.69, 9.17) is 14.2 Å². The minimum Gasteiger partial charge on any atom is -0.459 e. The van der Waals surface area contributed by atoms with Crippen LogP contribution in [0.1, 0.15) is 66.7 Å². The number of fused-ring (bicyclic) bond motifs is 5. The molecular formula is C27H33FO8. The van der Waals surface area contributed by atoms with E-state index in [1.54, 1.807) is 19.9 Å². The maximum absolute atomic E-state index is 17.7. The molecule has 0 aromatic rings. The van der Waals surface area contributed by atoms with Gasteiger partial charge in [-0.2, -0.15) is 0 Å². The average Bonchev–Trinajstić information content (AvgIpc) is 3.05. The molecule has 3 fully saturated rings. The highest BCUT2D eigenvalue weighted by molar-refractivity contribution is 6.01. The summed E-state index contributed by atoms with van der Waals surface area (Å²) in [4.78, 5) is 61.5. The van der Waals surface area contributed by atoms with Crippen LogP contribution in [0, 0.1) is 22.7 Å². The highest BCUT2D eigenvalue weighted by Crippen LogP contribution is 2.70. The van der Waals surface area contributed by atoms with Gasteiger partial charge in [-0.25, -0.2) is 4.39 Å². The van der Waals surface area contributed by atoms with Gasteiger partial charge in [-0.3, -0.25) is 24.0 Å². The second-order valence-corrected chi connectivity index (χ2v) is 11.0. The van der Waals surface area contributed by atoms with Crippen molar-refractivity contribution in [3.63, 3.8) is 0 Å². The van der Waals surface area contributed by atoms with Crippen LogP contribution in [0.2, 0.25) is 0 Å². The fraction of sp³-hybridized carbons (Fsp3) is 0.667. The van der Waals surface area contributed by atoms with E-state index >= 15 is 4.39 Å². The Balaban J connectivity index is 1.85. The van der Waals surface area contributed by atoms with Gasteiger partial charge in [0, 0.05) is 37.5 Å². The molecule has 4 aliphatic carbocycles. The standard InChI is InChI=1S/C27H33FO8/c1-15(29)34-14-22(33)26(36-17(3)31)11-9-20-21-7-6-18-12-19(32)8-10-24(18,4)27(21,28)23(35-16(2)30)13-25(20,26)5/h8,10,12,20-21,23H,6-7,9,11,13-14H2,1-5H3/t20-,21+,23-,24+,25+,26+,27+/m1/s1. The minimum absolute atomic E-state index is 0.0754. The summed E-state index contributed by atoms with van der Waals surface area (Å²) in [6.07, 6.45) is 4.46. The van der Waals surface area contributed by atoms with Crippen molar-refractivity contribution < 1.29 is 42.6 Å². The molecule has 0 spiro atoms. The number of hydrogen-bond acceptors (Lipinski definition) is 8. The number of ether oxygens (including phenoxy) is 3. The van der Waals surface area contributed by atoms with Gasteiger partial charge in [0.2, 0.25) is 5.78 Å². The molecule has 4 rings (SSSR count). The summed E-state index contributed by atoms with van der Waals surface area (Å²) in [5.74, 6) is -3.81. The molecule has 0 aliphatic heterocycles. The van der Waals surface area contributed by atoms with Gasteiger partial charge in [0.15, 0.2) is 23.7 Å². The van der Waals surface area contributed by atoms with Crippen LogP contribution in [0.15, 0.2) is 23.8 Å². The molecule has 0 aromatic carbocycles. The average molecular weight is 505 g/mol. The fourth-order valence-electron chi connectivity index (χ4n) is 7.70. The summed E-state index contributed by atoms with van der Waals surface area (Å²) < 4.78 is 34.1. The Labute approximate surface area is 209 Å². The molecule has 8 nitrogen and oxygen atoms in total. The molecule has 0 bridgehead atoms. The summed E-state index contributed by atoms with van der Waals surface area (Å²) in [7, 11) is 0. The summed E-state index contributed by atoms with van der Waals surface area (Å²) in [6.45, 7) is 6.51. The molecule has 9 heteroatoms. The Bertz CT molecular complexity index is 1090. The zero-order chi connectivity index (χ0) is 26.7. The topological polar surface area (TPSA) is 113 Å². The first kappa shape index (κ1) is 26.2. The predicted molar refractivity (Wildman–Crippen MR) is 124 cm³/mol. The first-order chi connectivity index (χ1) is 16.7. The summed E-state index contributed by atoms with van der Waals surface area (Å²) in [5, 5.41) is 0. The lowest BCUT2D eigenvalue weighted by atomic mass is 9.44. The first-order valence-electron chi connectivity index (χ1n) is 12.4. The number of halogens is 1. The van der Waals surface area contributed by atoms with Gasteiger partial charge in [0.05, 0.1) is 0 Å². The van der Waals surface area contributed by atoms with Gasteiger partial charge < -0.3 is 14.2 Å². The number of ketones is 2. The van der Waals surface area contributed by atoms with Crippen molar-refractivity contribution in [2.45, 2.75) is 84.1 Å². The third-order valence-electron chi connectivity index (χ3n) is 9.22. The maximum Gasteiger partial charge on any atom is 0.303 e. The zero-order valence-corrected chi connectivity index (χ0v) is 21.4. The van der Waals surface area contributed by atoms with Crippen molar-refractivity contribution in [3.05, 3.63) is 23.8 Å². The third-order valence-corrected chi connectivity index (χ3v) is 9.22. The van der Waals surface area contributed by atoms with E-state index < -0.39 is 64.4 Å². The van der Waals surface area contributed by atoms with Crippen molar-refractivity contribution in [2.75, 3.05) is 6.61 Å². The molecule has 3 saturated carbocycles. The van der Waals surface area contributed by atoms with Crippen LogP contribution in [-0.4, -0.2) is 53.5 Å². The number of rotatable bonds is 5. The van der Waals surface area contributed by atoms with Crippen LogP contribution in [0.4, 0.5) is 4.39 Å². The molecule has 0 heterocycles. The van der Waals surface area contributed by atoms with Gasteiger partial charge in [0.1, 0.15) is 6.10 Å². The molecule has 0 amide bonds. The lowest BCUT2D eigenvalue weighted by molar-refractivity contribution is -0.233. The predicted octanol–water partition coefficient (Wildman–Crippen LogP) is 3.36. The molecule has 0 saturated heterocycles. The van der Waals surface area contributed by atoms with Crippen LogP contribution >= 0.6 is 0 Å². The quantitative estimate of drug-likeness (QED) is 0.414. The number of hydrogen-bond donors (Lipinski definition) is 0. The maximum atomic E-state index is 17.7. The lowest BCUT2D eigenvalue weighted by Crippen LogP contribution is -2.70. The van der Waals surface area contributed by atoms with E-state index in [2.05, 4.69) is 0 Å². The van der Waals surface area contributed by atoms with Crippen molar-refractivity contribution >= 4 is 29.5 Å². The van der Waals surface area contributed by atoms with Gasteiger partial charge in [-0.05, 0) is 57.1 Å². The number of esters is 3. The van der Waals surface area contributed by atoms with Crippen LogP contribution in [-0.2, 0) is 38.2 Å². The Kier molecular flexibility index (Phi) is 6.29. The zero-order valence-electron chi connectivity index (χ0n) is 21.4. The van der Waals surface area contributed by atoms with Crippen LogP contribution in [0.3, 0.4) is 0 Å². The molecule has 0 radical (unpaired) electrons. The summed E-state index contributed by atoms with van der Waals surface area (Å²) in [5.41, 5.74) is -5.31. The highest BCUT2D eigenvalue weighted by atomic mass is 19.1. The molecule has 4 aliphatic rings. The monoisotopic (exact) mass is 504 g/mol. The van der Waals surface area contributed by atoms with Gasteiger partial charge in [-0.1, -0.05) is 18.6 Å². The van der Waals surface area contributed by atoms with Gasteiger partial charge >= 0.3 is 17.9 Å². The third kappa shape index (κ3) is 3.57. The largest absolute Gasteiger partial charge is 0.459 e. The van der Waals surface area contributed by atoms with Crippen molar-refractivity contribution in [1.82, 2.24) is 0 Å². The summed E-state index contributed by atoms with van der Waals surface area (Å²) >= 11 is 0. The number of Topliss-reactive ketones (excluding diaryl/α,β-unsaturated/α-hetero) is 1. The van der Waals surface area contributed by atoms with E-state index in [0.29, 0.717) is 24.8 Å². The Morgan fingerprint density at radius 1 is 1.03 bits per heavy atom. The Morgan fingerprint density at radius 2 is 1.72 bits per heavy atom. The summed E-state index contributed by atoms with van der Waals surface area (Å²) in [6, 6.07) is 0. The van der Waals surface area contributed by atoms with Crippen molar-refractivity contribution in [2.24, 2.45) is 22.7 Å². The van der Waals surface area contributed by atoms with Gasteiger partial charge in [-0.15, -0.1) is 0 Å². The van der Waals surface area contributed by atoms with E-state index in [0.717, 1.165) is 0 Å². The van der Waals surface area contributed by atoms with Gasteiger partial charge in [0.25, 0.3) is 0 Å². The number of alkyl halides is 1. The van der Waals surface area contributed by atoms with Crippen molar-refractivity contribution in [1.29, 1.82) is 0 Å². The van der Waals surface area contributed by atoms with E-state index in [1.807, 2.05) is 0 Å². The molecule has 196 valence electrons. The smallest absolute Gasteiger partial charge is 0.303 e. The normalized spacial score (nSPS) is 40.8. The van der Waals surface area contributed by atoms with Crippen LogP contribution < -0.4 is 0 Å². The molecular weight excluding hydrogens is 471 g/mol. The second kappa shape index (κ2) is 8.63. The van der Waals surface area contributed by atoms with E-state index in [1.165, 1.54) is 32.9 Å². The fourth-order valence-corrected chi connectivity index (χ4v) is 7.70. The Morgan fingerprint density at radius 3 is 2.33 bits per heavy atom. The minimum atomic E-state index is -2.05. The van der Waals surface area contributed by atoms with E-state index in [-0.39, 0.29) is 24.5 Å². The van der Waals surface area contributed by atoms with Crippen LogP contribution in [0.25, 0.3) is 0 Å². The van der Waals surface area contributed by atoms with E-state index in [9.17, 15) is 24.0 Å². The van der Waals surface area contributed by atoms with Crippen molar-refractivity contribution in [3.8, 4) is 0 Å². The Hall–Kier alpha value is -2.84. The SMILES string of the molecule is CC(=O)OCC(=O)[C@@]1(OC(C)=O)CC[C@@H]2[C@@H]3CCC4=CC(=O)C=C[C@]4(C)[C@@]3(F)[C@H](OC(C)=O)C[C@@]21C. The number of carbonyl (C=O) groups is 5. The second-order valence-electron chi connectivity index (χ2n) is 11.0. The highest BCUT2D eigenvalue weighted by Gasteiger charge is 2.76. The molecule has 7 atom stereocenters. The molecule has 0 N–H and O–H groups in total. The lowest BCUT2D eigenvalue weighted by Gasteiger charge is -2.63. The number of carbonyl (C=O) groups excluding carboxylic acids is 5. The van der Waals surface area contributed by atoms with Crippen LogP contribution in [0.5, 0.6) is 0 Å².